The largest absolute Gasteiger partial charge is 0.459 e. The molecule has 0 aliphatic carbocycles. The van der Waals surface area contributed by atoms with E-state index in [0.717, 1.165) is 5.56 Å². The second-order valence-electron chi connectivity index (χ2n) is 6.99. The Bertz CT molecular complexity index is 1430. The number of nitrogens with one attached hydrogen (secondary N) is 1. The number of amides is 1. The van der Waals surface area contributed by atoms with E-state index in [4.69, 9.17) is 4.42 Å². The van der Waals surface area contributed by atoms with E-state index in [2.05, 4.69) is 5.32 Å². The van der Waals surface area contributed by atoms with Crippen molar-refractivity contribution in [3.8, 4) is 0 Å². The van der Waals surface area contributed by atoms with Gasteiger partial charge in [-0.05, 0) is 43.3 Å². The molecule has 0 atom stereocenters. The lowest BCUT2D eigenvalue weighted by Gasteiger charge is -2.13. The fourth-order valence-corrected chi connectivity index (χ4v) is 4.70. The quantitative estimate of drug-likeness (QED) is 0.542. The van der Waals surface area contributed by atoms with Gasteiger partial charge in [0.25, 0.3) is 5.91 Å². The van der Waals surface area contributed by atoms with Gasteiger partial charge in [0.15, 0.2) is 5.76 Å². The number of aryl methyl sites for hydroxylation is 3. The maximum absolute atomic E-state index is 13.4. The van der Waals surface area contributed by atoms with Crippen LogP contribution >= 0.6 is 0 Å². The molecular formula is C21H19N3O5S. The molecule has 0 fully saturated rings. The van der Waals surface area contributed by atoms with Gasteiger partial charge in [0.05, 0.1) is 32.8 Å². The number of benzene rings is 2. The van der Waals surface area contributed by atoms with Crippen molar-refractivity contribution in [3.05, 3.63) is 76.6 Å². The average Bonchev–Trinajstić information content (AvgIpc) is 3.33. The van der Waals surface area contributed by atoms with Crippen LogP contribution in [0.4, 0.5) is 5.69 Å². The standard InChI is InChI=1S/C21H19N3O5S/c1-13-6-8-14(9-7-13)30(27,28)19-12-17-16(23(2)21(26)24(17)3)11-15(19)22-20(25)18-5-4-10-29-18/h4-12H,1-3H3,(H,22,25). The van der Waals surface area contributed by atoms with E-state index in [1.54, 1.807) is 32.3 Å². The second kappa shape index (κ2) is 7.03. The number of sulfone groups is 1. The third-order valence-corrected chi connectivity index (χ3v) is 6.80. The summed E-state index contributed by atoms with van der Waals surface area (Å²) in [5.74, 6) is -0.559. The van der Waals surface area contributed by atoms with Crippen molar-refractivity contribution in [1.29, 1.82) is 0 Å². The first kappa shape index (κ1) is 19.7. The molecule has 0 spiro atoms. The van der Waals surface area contributed by atoms with Gasteiger partial charge in [0.2, 0.25) is 9.84 Å². The molecule has 1 N–H and O–H groups in total. The first-order chi connectivity index (χ1) is 14.2. The molecule has 0 aliphatic heterocycles. The number of aromatic nitrogens is 2. The van der Waals surface area contributed by atoms with Gasteiger partial charge in [-0.15, -0.1) is 0 Å². The number of furan rings is 1. The molecule has 0 radical (unpaired) electrons. The summed E-state index contributed by atoms with van der Waals surface area (Å²) in [6.45, 7) is 1.86. The summed E-state index contributed by atoms with van der Waals surface area (Å²) in [6, 6.07) is 12.3. The van der Waals surface area contributed by atoms with Crippen molar-refractivity contribution in [2.24, 2.45) is 14.1 Å². The summed E-state index contributed by atoms with van der Waals surface area (Å²) in [5, 5.41) is 2.61. The van der Waals surface area contributed by atoms with Crippen molar-refractivity contribution in [2.75, 3.05) is 5.32 Å². The van der Waals surface area contributed by atoms with Crippen LogP contribution in [-0.2, 0) is 23.9 Å². The molecule has 2 heterocycles. The third-order valence-electron chi connectivity index (χ3n) is 4.99. The van der Waals surface area contributed by atoms with Gasteiger partial charge in [0.1, 0.15) is 0 Å². The van der Waals surface area contributed by atoms with Crippen LogP contribution in [0.25, 0.3) is 11.0 Å². The monoisotopic (exact) mass is 425 g/mol. The molecule has 0 unspecified atom stereocenters. The number of carbonyl (C=O) groups excluding carboxylic acids is 1. The molecule has 30 heavy (non-hydrogen) atoms. The Morgan fingerprint density at radius 1 is 1.00 bits per heavy atom. The second-order valence-corrected chi connectivity index (χ2v) is 8.90. The van der Waals surface area contributed by atoms with E-state index in [-0.39, 0.29) is 26.9 Å². The van der Waals surface area contributed by atoms with Crippen molar-refractivity contribution in [2.45, 2.75) is 16.7 Å². The van der Waals surface area contributed by atoms with Crippen LogP contribution in [0.2, 0.25) is 0 Å². The Morgan fingerprint density at radius 2 is 1.63 bits per heavy atom. The van der Waals surface area contributed by atoms with E-state index in [9.17, 15) is 18.0 Å². The summed E-state index contributed by atoms with van der Waals surface area (Å²) in [7, 11) is -0.839. The highest BCUT2D eigenvalue weighted by atomic mass is 32.2. The Hall–Kier alpha value is -3.59. The van der Waals surface area contributed by atoms with Crippen LogP contribution in [0.5, 0.6) is 0 Å². The molecule has 9 heteroatoms. The number of carbonyl (C=O) groups is 1. The third kappa shape index (κ3) is 3.13. The molecule has 4 rings (SSSR count). The predicted octanol–water partition coefficient (Wildman–Crippen LogP) is 2.86. The predicted molar refractivity (Wildman–Crippen MR) is 111 cm³/mol. The maximum Gasteiger partial charge on any atom is 0.328 e. The van der Waals surface area contributed by atoms with Crippen molar-refractivity contribution in [3.63, 3.8) is 0 Å². The summed E-state index contributed by atoms with van der Waals surface area (Å²) in [5.41, 5.74) is 1.59. The van der Waals surface area contributed by atoms with Gasteiger partial charge in [-0.1, -0.05) is 17.7 Å². The molecule has 0 bridgehead atoms. The smallest absolute Gasteiger partial charge is 0.328 e. The van der Waals surface area contributed by atoms with Crippen molar-refractivity contribution < 1.29 is 17.6 Å². The number of nitrogens with zero attached hydrogens (tertiary/aromatic N) is 2. The number of rotatable bonds is 4. The molecule has 1 amide bonds. The van der Waals surface area contributed by atoms with Crippen LogP contribution in [-0.4, -0.2) is 23.5 Å². The number of hydrogen-bond donors (Lipinski definition) is 1. The zero-order valence-electron chi connectivity index (χ0n) is 16.5. The zero-order valence-corrected chi connectivity index (χ0v) is 17.4. The molecule has 154 valence electrons. The van der Waals surface area contributed by atoms with Crippen LogP contribution in [0.1, 0.15) is 16.1 Å². The fourth-order valence-electron chi connectivity index (χ4n) is 3.28. The van der Waals surface area contributed by atoms with E-state index in [1.165, 1.54) is 45.7 Å². The highest BCUT2D eigenvalue weighted by molar-refractivity contribution is 7.91. The Balaban J connectivity index is 1.96. The highest BCUT2D eigenvalue weighted by Gasteiger charge is 2.25. The molecule has 0 aliphatic rings. The van der Waals surface area contributed by atoms with Gasteiger partial charge in [-0.2, -0.15) is 0 Å². The molecule has 4 aromatic rings. The van der Waals surface area contributed by atoms with Gasteiger partial charge >= 0.3 is 5.69 Å². The van der Waals surface area contributed by atoms with Gasteiger partial charge in [-0.3, -0.25) is 13.9 Å². The van der Waals surface area contributed by atoms with E-state index in [1.807, 2.05) is 6.92 Å². The zero-order chi connectivity index (χ0) is 21.6. The molecule has 2 aromatic carbocycles. The molecular weight excluding hydrogens is 406 g/mol. The van der Waals surface area contributed by atoms with Gasteiger partial charge in [0, 0.05) is 14.1 Å². The Kier molecular flexibility index (Phi) is 4.62. The SMILES string of the molecule is Cc1ccc(S(=O)(=O)c2cc3c(cc2NC(=O)c2ccco2)n(C)c(=O)n3C)cc1. The van der Waals surface area contributed by atoms with Crippen LogP contribution in [0.15, 0.2) is 73.8 Å². The summed E-state index contributed by atoms with van der Waals surface area (Å²) >= 11 is 0. The molecule has 8 nitrogen and oxygen atoms in total. The van der Waals surface area contributed by atoms with Crippen LogP contribution in [0.3, 0.4) is 0 Å². The minimum Gasteiger partial charge on any atom is -0.459 e. The number of anilines is 1. The number of imidazole rings is 1. The topological polar surface area (TPSA) is 103 Å². The van der Waals surface area contributed by atoms with Gasteiger partial charge < -0.3 is 9.73 Å². The van der Waals surface area contributed by atoms with E-state index >= 15 is 0 Å². The van der Waals surface area contributed by atoms with E-state index in [0.29, 0.717) is 11.0 Å². The van der Waals surface area contributed by atoms with Crippen LogP contribution < -0.4 is 11.0 Å². The van der Waals surface area contributed by atoms with Gasteiger partial charge in [-0.25, -0.2) is 13.2 Å². The first-order valence-electron chi connectivity index (χ1n) is 9.06. The Morgan fingerprint density at radius 3 is 2.23 bits per heavy atom. The number of fused-ring (bicyclic) bond motifs is 1. The van der Waals surface area contributed by atoms with E-state index < -0.39 is 15.7 Å². The Labute approximate surface area is 172 Å². The molecule has 0 saturated heterocycles. The summed E-state index contributed by atoms with van der Waals surface area (Å²) in [6.07, 6.45) is 1.35. The minimum atomic E-state index is -3.98. The molecule has 2 aromatic heterocycles. The normalized spacial score (nSPS) is 11.7. The molecule has 0 saturated carbocycles. The van der Waals surface area contributed by atoms with Crippen molar-refractivity contribution in [1.82, 2.24) is 9.13 Å². The van der Waals surface area contributed by atoms with Crippen LogP contribution in [0, 0.1) is 6.92 Å². The lowest BCUT2D eigenvalue weighted by molar-refractivity contribution is 0.0996. The fraction of sp³-hybridized carbons (Fsp3) is 0.143. The highest BCUT2D eigenvalue weighted by Crippen LogP contribution is 2.32. The first-order valence-corrected chi connectivity index (χ1v) is 10.5. The summed E-state index contributed by atoms with van der Waals surface area (Å²) in [4.78, 5) is 24.9. The lowest BCUT2D eigenvalue weighted by atomic mass is 10.2. The maximum atomic E-state index is 13.4. The number of hydrogen-bond acceptors (Lipinski definition) is 5. The minimum absolute atomic E-state index is 0.0377. The summed E-state index contributed by atoms with van der Waals surface area (Å²) < 4.78 is 34.7. The average molecular weight is 425 g/mol. The lowest BCUT2D eigenvalue weighted by Crippen LogP contribution is -2.19. The van der Waals surface area contributed by atoms with Crippen molar-refractivity contribution >= 4 is 32.5 Å².